The third-order valence-corrected chi connectivity index (χ3v) is 3.02. The number of nitrogens with one attached hydrogen (secondary N) is 1. The fraction of sp³-hybridized carbons (Fsp3) is 0.667. The largest absolute Gasteiger partial charge is 0.435 e. The van der Waals surface area contributed by atoms with Gasteiger partial charge in [-0.25, -0.2) is 0 Å². The van der Waals surface area contributed by atoms with Crippen molar-refractivity contribution in [2.45, 2.75) is 51.9 Å². The van der Waals surface area contributed by atoms with Gasteiger partial charge in [0.2, 0.25) is 5.91 Å². The molecule has 0 bridgehead atoms. The Morgan fingerprint density at radius 1 is 1.47 bits per heavy atom. The second kappa shape index (κ2) is 5.22. The van der Waals surface area contributed by atoms with Crippen molar-refractivity contribution in [3.8, 4) is 0 Å². The van der Waals surface area contributed by atoms with Gasteiger partial charge < -0.3 is 5.32 Å². The summed E-state index contributed by atoms with van der Waals surface area (Å²) in [5.74, 6) is -0.358. The van der Waals surface area contributed by atoms with Gasteiger partial charge in [0.1, 0.15) is 6.04 Å². The second-order valence-electron chi connectivity index (χ2n) is 5.08. The predicted molar refractivity (Wildman–Crippen MR) is 64.5 cm³/mol. The number of carbonyl (C=O) groups excluding carboxylic acids is 1. The van der Waals surface area contributed by atoms with Gasteiger partial charge in [-0.15, -0.1) is 0 Å². The number of hydrogen-bond acceptors (Lipinski definition) is 2. The van der Waals surface area contributed by atoms with Crippen molar-refractivity contribution in [3.63, 3.8) is 0 Å². The van der Waals surface area contributed by atoms with Gasteiger partial charge >= 0.3 is 6.18 Å². The molecule has 0 saturated heterocycles. The van der Waals surface area contributed by atoms with Crippen molar-refractivity contribution in [2.24, 2.45) is 0 Å². The highest BCUT2D eigenvalue weighted by Gasteiger charge is 2.34. The molecule has 0 fully saturated rings. The van der Waals surface area contributed by atoms with Crippen molar-refractivity contribution in [1.82, 2.24) is 15.1 Å². The molecule has 0 aliphatic carbocycles. The number of amides is 1. The van der Waals surface area contributed by atoms with Gasteiger partial charge in [-0.3, -0.25) is 9.48 Å². The van der Waals surface area contributed by atoms with E-state index in [4.69, 9.17) is 0 Å². The van der Waals surface area contributed by atoms with Crippen LogP contribution in [0.2, 0.25) is 0 Å². The molecule has 0 aliphatic rings. The van der Waals surface area contributed by atoms with Crippen molar-refractivity contribution in [3.05, 3.63) is 18.0 Å². The third kappa shape index (κ3) is 3.97. The second-order valence-corrected chi connectivity index (χ2v) is 5.08. The van der Waals surface area contributed by atoms with E-state index in [-0.39, 0.29) is 5.91 Å². The molecule has 7 heteroatoms. The zero-order chi connectivity index (χ0) is 14.8. The van der Waals surface area contributed by atoms with Crippen molar-refractivity contribution in [2.75, 3.05) is 0 Å². The number of halogens is 3. The third-order valence-electron chi connectivity index (χ3n) is 3.02. The normalized spacial score (nSPS) is 14.3. The number of aromatic nitrogens is 2. The number of nitrogens with zero attached hydrogens (tertiary/aromatic N) is 2. The lowest BCUT2D eigenvalue weighted by molar-refractivity contribution is -0.142. The first kappa shape index (κ1) is 15.5. The van der Waals surface area contributed by atoms with E-state index < -0.39 is 23.5 Å². The summed E-state index contributed by atoms with van der Waals surface area (Å²) >= 11 is 0. The van der Waals surface area contributed by atoms with Gasteiger partial charge in [0.25, 0.3) is 0 Å². The maximum absolute atomic E-state index is 12.4. The van der Waals surface area contributed by atoms with E-state index in [0.717, 1.165) is 23.4 Å². The Morgan fingerprint density at radius 2 is 2.05 bits per heavy atom. The Bertz CT molecular complexity index is 451. The van der Waals surface area contributed by atoms with Crippen LogP contribution in [0, 0.1) is 0 Å². The van der Waals surface area contributed by atoms with Crippen LogP contribution in [-0.2, 0) is 11.0 Å². The van der Waals surface area contributed by atoms with Crippen LogP contribution < -0.4 is 5.32 Å². The topological polar surface area (TPSA) is 46.9 Å². The molecule has 1 amide bonds. The molecular weight excluding hydrogens is 259 g/mol. The first-order valence-electron chi connectivity index (χ1n) is 6.01. The molecule has 1 rings (SSSR count). The lowest BCUT2D eigenvalue weighted by atomic mass is 10.0. The number of alkyl halides is 3. The summed E-state index contributed by atoms with van der Waals surface area (Å²) in [6.45, 7) is 7.12. The summed E-state index contributed by atoms with van der Waals surface area (Å²) in [4.78, 5) is 11.9. The molecule has 1 aromatic rings. The lowest BCUT2D eigenvalue weighted by Crippen LogP contribution is -2.45. The standard InChI is InChI=1S/C12H18F3N3O/c1-5-11(3,4)16-10(19)8(2)18-7-6-9(17-18)12(13,14)15/h6-8H,5H2,1-4H3,(H,16,19). The van der Waals surface area contributed by atoms with Gasteiger partial charge in [0.15, 0.2) is 5.69 Å². The maximum Gasteiger partial charge on any atom is 0.435 e. The molecule has 1 heterocycles. The van der Waals surface area contributed by atoms with Crippen molar-refractivity contribution < 1.29 is 18.0 Å². The van der Waals surface area contributed by atoms with Gasteiger partial charge in [-0.1, -0.05) is 6.92 Å². The summed E-state index contributed by atoms with van der Waals surface area (Å²) in [6, 6.07) is 0.0660. The Kier molecular flexibility index (Phi) is 4.27. The first-order valence-corrected chi connectivity index (χ1v) is 6.01. The summed E-state index contributed by atoms with van der Waals surface area (Å²) < 4.78 is 38.3. The number of hydrogen-bond donors (Lipinski definition) is 1. The van der Waals surface area contributed by atoms with E-state index in [9.17, 15) is 18.0 Å². The van der Waals surface area contributed by atoms with E-state index in [1.807, 2.05) is 20.8 Å². The summed E-state index contributed by atoms with van der Waals surface area (Å²) in [5.41, 5.74) is -1.40. The lowest BCUT2D eigenvalue weighted by Gasteiger charge is -2.26. The average Bonchev–Trinajstić information content (AvgIpc) is 2.76. The molecule has 0 aromatic carbocycles. The summed E-state index contributed by atoms with van der Waals surface area (Å²) in [5, 5.41) is 6.16. The zero-order valence-electron chi connectivity index (χ0n) is 11.4. The maximum atomic E-state index is 12.4. The molecule has 0 spiro atoms. The summed E-state index contributed by atoms with van der Waals surface area (Å²) in [6.07, 6.45) is -2.62. The highest BCUT2D eigenvalue weighted by Crippen LogP contribution is 2.27. The predicted octanol–water partition coefficient (Wildman–Crippen LogP) is 2.77. The fourth-order valence-electron chi connectivity index (χ4n) is 1.35. The molecule has 1 atom stereocenters. The molecule has 4 nitrogen and oxygen atoms in total. The minimum absolute atomic E-state index is 0.358. The first-order chi connectivity index (χ1) is 8.57. The zero-order valence-corrected chi connectivity index (χ0v) is 11.4. The number of rotatable bonds is 4. The van der Waals surface area contributed by atoms with E-state index in [2.05, 4.69) is 10.4 Å². The molecule has 0 radical (unpaired) electrons. The highest BCUT2D eigenvalue weighted by atomic mass is 19.4. The van der Waals surface area contributed by atoms with Crippen LogP contribution in [-0.4, -0.2) is 21.2 Å². The summed E-state index contributed by atoms with van der Waals surface area (Å²) in [7, 11) is 0. The Balaban J connectivity index is 2.81. The van der Waals surface area contributed by atoms with Crippen molar-refractivity contribution >= 4 is 5.91 Å². The molecule has 19 heavy (non-hydrogen) atoms. The average molecular weight is 277 g/mol. The molecule has 1 aromatic heterocycles. The molecule has 108 valence electrons. The van der Waals surface area contributed by atoms with Crippen LogP contribution in [0.25, 0.3) is 0 Å². The Morgan fingerprint density at radius 3 is 2.47 bits per heavy atom. The SMILES string of the molecule is CCC(C)(C)NC(=O)C(C)n1ccc(C(F)(F)F)n1. The monoisotopic (exact) mass is 277 g/mol. The Hall–Kier alpha value is -1.53. The number of carbonyl (C=O) groups is 1. The van der Waals surface area contributed by atoms with E-state index >= 15 is 0 Å². The van der Waals surface area contributed by atoms with Crippen LogP contribution in [0.1, 0.15) is 45.9 Å². The molecule has 0 aliphatic heterocycles. The van der Waals surface area contributed by atoms with Gasteiger partial charge in [-0.2, -0.15) is 18.3 Å². The Labute approximate surface area is 110 Å². The van der Waals surface area contributed by atoms with Crippen LogP contribution in [0.3, 0.4) is 0 Å². The minimum atomic E-state index is -4.50. The quantitative estimate of drug-likeness (QED) is 0.920. The minimum Gasteiger partial charge on any atom is -0.349 e. The van der Waals surface area contributed by atoms with Crippen LogP contribution >= 0.6 is 0 Å². The van der Waals surface area contributed by atoms with Gasteiger partial charge in [-0.05, 0) is 33.3 Å². The molecule has 1 unspecified atom stereocenters. The van der Waals surface area contributed by atoms with E-state index in [0.29, 0.717) is 0 Å². The van der Waals surface area contributed by atoms with Gasteiger partial charge in [0.05, 0.1) is 0 Å². The fourth-order valence-corrected chi connectivity index (χ4v) is 1.35. The molecule has 1 N–H and O–H groups in total. The van der Waals surface area contributed by atoms with E-state index in [1.165, 1.54) is 6.92 Å². The molecular formula is C12H18F3N3O. The molecule has 0 saturated carbocycles. The van der Waals surface area contributed by atoms with Crippen molar-refractivity contribution in [1.29, 1.82) is 0 Å². The highest BCUT2D eigenvalue weighted by molar-refractivity contribution is 5.80. The smallest absolute Gasteiger partial charge is 0.349 e. The van der Waals surface area contributed by atoms with E-state index in [1.54, 1.807) is 0 Å². The van der Waals surface area contributed by atoms with Crippen LogP contribution in [0.5, 0.6) is 0 Å². The van der Waals surface area contributed by atoms with Crippen LogP contribution in [0.4, 0.5) is 13.2 Å². The van der Waals surface area contributed by atoms with Crippen LogP contribution in [0.15, 0.2) is 12.3 Å². The van der Waals surface area contributed by atoms with Gasteiger partial charge in [0, 0.05) is 11.7 Å².